The molecule has 3 N–H and O–H groups in total. The van der Waals surface area contributed by atoms with E-state index in [0.717, 1.165) is 75.9 Å². The second kappa shape index (κ2) is 9.30. The van der Waals surface area contributed by atoms with Crippen molar-refractivity contribution in [2.24, 2.45) is 5.41 Å². The van der Waals surface area contributed by atoms with Crippen LogP contribution in [0.2, 0.25) is 0 Å². The highest BCUT2D eigenvalue weighted by molar-refractivity contribution is 5.85. The van der Waals surface area contributed by atoms with E-state index in [1.165, 1.54) is 0 Å². The van der Waals surface area contributed by atoms with Crippen LogP contribution in [0, 0.1) is 5.41 Å². The first-order valence-corrected chi connectivity index (χ1v) is 10.6. The molecule has 30 heavy (non-hydrogen) atoms. The van der Waals surface area contributed by atoms with E-state index in [1.54, 1.807) is 0 Å². The number of aromatic amines is 1. The predicted molar refractivity (Wildman–Crippen MR) is 123 cm³/mol. The quantitative estimate of drug-likeness (QED) is 0.647. The van der Waals surface area contributed by atoms with Gasteiger partial charge in [-0.25, -0.2) is 4.79 Å². The third kappa shape index (κ3) is 4.13. The molecule has 3 saturated heterocycles. The summed E-state index contributed by atoms with van der Waals surface area (Å²) < 4.78 is 1.88. The molecule has 1 amide bonds. The monoisotopic (exact) mass is 455 g/mol. The Labute approximate surface area is 188 Å². The Bertz CT molecular complexity index is 929. The summed E-state index contributed by atoms with van der Waals surface area (Å²) in [7, 11) is 0. The van der Waals surface area contributed by atoms with E-state index >= 15 is 0 Å². The number of nitrogens with one attached hydrogen (secondary N) is 3. The van der Waals surface area contributed by atoms with Crippen LogP contribution in [0.1, 0.15) is 38.1 Å². The van der Waals surface area contributed by atoms with Crippen LogP contribution in [0.4, 0.5) is 0 Å². The lowest BCUT2D eigenvalue weighted by Gasteiger charge is -2.35. The Balaban J connectivity index is 0.00000128. The molecular weight excluding hydrogens is 425 g/mol. The Morgan fingerprint density at radius 3 is 2.50 bits per heavy atom. The zero-order valence-corrected chi connectivity index (χ0v) is 18.7. The second-order valence-electron chi connectivity index (χ2n) is 8.76. The summed E-state index contributed by atoms with van der Waals surface area (Å²) in [4.78, 5) is 30.5. The van der Waals surface area contributed by atoms with Gasteiger partial charge in [-0.3, -0.25) is 9.36 Å². The number of imidazole rings is 1. The van der Waals surface area contributed by atoms with Crippen molar-refractivity contribution in [2.75, 3.05) is 32.7 Å². The number of aromatic nitrogens is 2. The number of hydrogen-bond acceptors (Lipinski definition) is 4. The number of hydrogen-bond donors (Lipinski definition) is 3. The predicted octanol–water partition coefficient (Wildman–Crippen LogP) is 2.07. The van der Waals surface area contributed by atoms with Crippen LogP contribution >= 0.6 is 24.8 Å². The van der Waals surface area contributed by atoms with Gasteiger partial charge in [0.05, 0.1) is 17.1 Å². The van der Waals surface area contributed by atoms with Crippen molar-refractivity contribution < 1.29 is 4.79 Å². The van der Waals surface area contributed by atoms with E-state index in [4.69, 9.17) is 0 Å². The van der Waals surface area contributed by atoms with E-state index in [9.17, 15) is 9.59 Å². The second-order valence-corrected chi connectivity index (χ2v) is 8.76. The minimum atomic E-state index is -0.0451. The molecule has 5 rings (SSSR count). The molecule has 3 aliphatic heterocycles. The Morgan fingerprint density at radius 2 is 1.77 bits per heavy atom. The van der Waals surface area contributed by atoms with Crippen molar-refractivity contribution in [3.63, 3.8) is 0 Å². The molecule has 1 spiro atoms. The van der Waals surface area contributed by atoms with Crippen LogP contribution in [0.5, 0.6) is 0 Å². The minimum Gasteiger partial charge on any atom is -0.341 e. The van der Waals surface area contributed by atoms with Crippen LogP contribution in [0.3, 0.4) is 0 Å². The van der Waals surface area contributed by atoms with Crippen molar-refractivity contribution in [3.8, 4) is 0 Å². The SMILES string of the molecule is Cl.Cl.O=C(C1CC2(CCNCC2)CN1)N1CCC(n2c(=O)[nH]c3ccccc32)CC1. The summed E-state index contributed by atoms with van der Waals surface area (Å²) in [5, 5.41) is 6.93. The lowest BCUT2D eigenvalue weighted by Crippen LogP contribution is -2.47. The van der Waals surface area contributed by atoms with Crippen LogP contribution in [-0.2, 0) is 4.79 Å². The fraction of sp³-hybridized carbons (Fsp3) is 0.619. The molecule has 0 saturated carbocycles. The number of likely N-dealkylation sites (tertiary alicyclic amines) is 1. The number of nitrogens with zero attached hydrogens (tertiary/aromatic N) is 2. The number of carbonyl (C=O) groups excluding carboxylic acids is 1. The van der Waals surface area contributed by atoms with Gasteiger partial charge in [0.25, 0.3) is 0 Å². The van der Waals surface area contributed by atoms with Crippen molar-refractivity contribution in [1.29, 1.82) is 0 Å². The fourth-order valence-electron chi connectivity index (χ4n) is 5.43. The lowest BCUT2D eigenvalue weighted by molar-refractivity contribution is -0.134. The fourth-order valence-corrected chi connectivity index (χ4v) is 5.43. The largest absolute Gasteiger partial charge is 0.341 e. The standard InChI is InChI=1S/C21H29N5O2.2ClH/c27-19(17-13-21(14-23-17)7-9-22-10-8-21)25-11-5-15(6-12-25)26-18-4-2-1-3-16(18)24-20(26)28;;/h1-4,15,17,22-23H,5-14H2,(H,24,28);2*1H. The van der Waals surface area contributed by atoms with E-state index < -0.39 is 0 Å². The smallest absolute Gasteiger partial charge is 0.326 e. The Hall–Kier alpha value is -1.54. The molecule has 9 heteroatoms. The first-order chi connectivity index (χ1) is 13.7. The van der Waals surface area contributed by atoms with E-state index in [1.807, 2.05) is 33.7 Å². The highest BCUT2D eigenvalue weighted by Gasteiger charge is 2.43. The van der Waals surface area contributed by atoms with Crippen molar-refractivity contribution in [2.45, 2.75) is 44.2 Å². The van der Waals surface area contributed by atoms with Gasteiger partial charge in [-0.15, -0.1) is 24.8 Å². The highest BCUT2D eigenvalue weighted by Crippen LogP contribution is 2.38. The normalized spacial score (nSPS) is 23.9. The van der Waals surface area contributed by atoms with E-state index in [0.29, 0.717) is 5.41 Å². The number of piperidine rings is 2. The van der Waals surface area contributed by atoms with Crippen LogP contribution in [-0.4, -0.2) is 59.1 Å². The number of fused-ring (bicyclic) bond motifs is 1. The molecule has 0 bridgehead atoms. The molecule has 1 unspecified atom stereocenters. The zero-order valence-electron chi connectivity index (χ0n) is 17.1. The number of benzene rings is 1. The number of rotatable bonds is 2. The van der Waals surface area contributed by atoms with Gasteiger partial charge in [0.2, 0.25) is 5.91 Å². The van der Waals surface area contributed by atoms with Crippen molar-refractivity contribution >= 4 is 41.8 Å². The van der Waals surface area contributed by atoms with Gasteiger partial charge < -0.3 is 20.5 Å². The van der Waals surface area contributed by atoms with Gasteiger partial charge >= 0.3 is 5.69 Å². The molecule has 0 radical (unpaired) electrons. The summed E-state index contributed by atoms with van der Waals surface area (Å²) in [5.41, 5.74) is 2.11. The topological polar surface area (TPSA) is 82.2 Å². The van der Waals surface area contributed by atoms with Gasteiger partial charge in [0.15, 0.2) is 0 Å². The van der Waals surface area contributed by atoms with Gasteiger partial charge in [-0.1, -0.05) is 12.1 Å². The highest BCUT2D eigenvalue weighted by atomic mass is 35.5. The number of carbonyl (C=O) groups is 1. The first-order valence-electron chi connectivity index (χ1n) is 10.6. The maximum absolute atomic E-state index is 13.1. The van der Waals surface area contributed by atoms with Crippen LogP contribution < -0.4 is 16.3 Å². The number of para-hydroxylation sites is 2. The molecule has 7 nitrogen and oxygen atoms in total. The third-order valence-corrected chi connectivity index (χ3v) is 7.09. The number of halogens is 2. The molecule has 166 valence electrons. The van der Waals surface area contributed by atoms with Gasteiger partial charge in [0.1, 0.15) is 0 Å². The first kappa shape index (κ1) is 23.1. The number of H-pyrrole nitrogens is 1. The molecule has 4 heterocycles. The van der Waals surface area contributed by atoms with Gasteiger partial charge in [-0.2, -0.15) is 0 Å². The molecular formula is C21H31Cl2N5O2. The zero-order chi connectivity index (χ0) is 19.1. The molecule has 0 aliphatic carbocycles. The summed E-state index contributed by atoms with van der Waals surface area (Å²) in [6.07, 6.45) is 4.95. The Kier molecular flexibility index (Phi) is 7.17. The molecule has 1 atom stereocenters. The summed E-state index contributed by atoms with van der Waals surface area (Å²) in [5.74, 6) is 0.250. The summed E-state index contributed by atoms with van der Waals surface area (Å²) >= 11 is 0. The Morgan fingerprint density at radius 1 is 1.07 bits per heavy atom. The summed E-state index contributed by atoms with van der Waals surface area (Å²) in [6.45, 7) is 4.54. The molecule has 3 fully saturated rings. The lowest BCUT2D eigenvalue weighted by atomic mass is 9.77. The van der Waals surface area contributed by atoms with Gasteiger partial charge in [-0.05, 0) is 62.7 Å². The van der Waals surface area contributed by atoms with E-state index in [2.05, 4.69) is 15.6 Å². The van der Waals surface area contributed by atoms with Crippen LogP contribution in [0.25, 0.3) is 11.0 Å². The number of amides is 1. The molecule has 3 aliphatic rings. The summed E-state index contributed by atoms with van der Waals surface area (Å²) in [6, 6.07) is 7.95. The average molecular weight is 456 g/mol. The van der Waals surface area contributed by atoms with E-state index in [-0.39, 0.29) is 48.5 Å². The average Bonchev–Trinajstić information content (AvgIpc) is 3.28. The molecule has 1 aromatic heterocycles. The third-order valence-electron chi connectivity index (χ3n) is 7.09. The minimum absolute atomic E-state index is 0. The molecule has 1 aromatic carbocycles. The molecule has 2 aromatic rings. The van der Waals surface area contributed by atoms with Crippen LogP contribution in [0.15, 0.2) is 29.1 Å². The van der Waals surface area contributed by atoms with Crippen molar-refractivity contribution in [3.05, 3.63) is 34.7 Å². The maximum Gasteiger partial charge on any atom is 0.326 e. The maximum atomic E-state index is 13.1. The van der Waals surface area contributed by atoms with Gasteiger partial charge in [0, 0.05) is 25.7 Å². The van der Waals surface area contributed by atoms with Crippen molar-refractivity contribution in [1.82, 2.24) is 25.1 Å².